The lowest BCUT2D eigenvalue weighted by molar-refractivity contribution is 0.523. The van der Waals surface area contributed by atoms with Crippen molar-refractivity contribution in [2.75, 3.05) is 12.3 Å². The fraction of sp³-hybridized carbons (Fsp3) is 0.278. The van der Waals surface area contributed by atoms with E-state index in [9.17, 15) is 8.42 Å². The third-order valence-electron chi connectivity index (χ3n) is 3.72. The van der Waals surface area contributed by atoms with E-state index in [1.54, 1.807) is 0 Å². The number of nitrogens with zero attached hydrogens (tertiary/aromatic N) is 1. The molecule has 0 bridgehead atoms. The van der Waals surface area contributed by atoms with E-state index in [1.165, 1.54) is 0 Å². The number of nitrogens with one attached hydrogen (secondary N) is 1. The number of hydrogen-bond acceptors (Lipinski definition) is 4. The first-order valence-electron chi connectivity index (χ1n) is 7.98. The van der Waals surface area contributed by atoms with Crippen molar-refractivity contribution in [2.45, 2.75) is 19.3 Å². The highest BCUT2D eigenvalue weighted by Crippen LogP contribution is 2.14. The molecule has 5 nitrogen and oxygen atoms in total. The number of rotatable bonds is 8. The molecule has 1 heterocycles. The number of sulfonamides is 1. The standard InChI is InChI=1S/C18H20N2O3S/c21-24(22,14-6-9-15-7-2-1-3-8-15)19-13-12-18-20-16-10-4-5-11-17(16)23-18/h1-5,7-8,10-11,19H,6,9,12-14H2. The molecule has 0 fully saturated rings. The molecule has 0 spiro atoms. The molecule has 0 aliphatic carbocycles. The van der Waals surface area contributed by atoms with Gasteiger partial charge in [0.1, 0.15) is 5.52 Å². The van der Waals surface area contributed by atoms with Crippen molar-refractivity contribution in [3.05, 3.63) is 66.1 Å². The number of hydrogen-bond donors (Lipinski definition) is 1. The van der Waals surface area contributed by atoms with Crippen LogP contribution in [0.5, 0.6) is 0 Å². The monoisotopic (exact) mass is 344 g/mol. The van der Waals surface area contributed by atoms with E-state index in [0.717, 1.165) is 23.1 Å². The van der Waals surface area contributed by atoms with Gasteiger partial charge in [-0.2, -0.15) is 0 Å². The molecule has 0 saturated carbocycles. The van der Waals surface area contributed by atoms with Gasteiger partial charge in [0.05, 0.1) is 5.75 Å². The molecule has 3 rings (SSSR count). The molecule has 2 aromatic carbocycles. The van der Waals surface area contributed by atoms with Gasteiger partial charge in [0.2, 0.25) is 10.0 Å². The van der Waals surface area contributed by atoms with E-state index >= 15 is 0 Å². The van der Waals surface area contributed by atoms with E-state index in [-0.39, 0.29) is 5.75 Å². The summed E-state index contributed by atoms with van der Waals surface area (Å²) in [6.45, 7) is 0.292. The highest BCUT2D eigenvalue weighted by Gasteiger charge is 2.11. The van der Waals surface area contributed by atoms with E-state index in [1.807, 2.05) is 54.6 Å². The fourth-order valence-electron chi connectivity index (χ4n) is 2.52. The maximum Gasteiger partial charge on any atom is 0.211 e. The van der Waals surface area contributed by atoms with Gasteiger partial charge in [0.25, 0.3) is 0 Å². The molecule has 3 aromatic rings. The predicted molar refractivity (Wildman–Crippen MR) is 94.3 cm³/mol. The van der Waals surface area contributed by atoms with Gasteiger partial charge in [0.15, 0.2) is 11.5 Å². The van der Waals surface area contributed by atoms with Crippen molar-refractivity contribution in [1.29, 1.82) is 0 Å². The fourth-order valence-corrected chi connectivity index (χ4v) is 3.61. The van der Waals surface area contributed by atoms with Crippen molar-refractivity contribution in [2.24, 2.45) is 0 Å². The molecule has 0 unspecified atom stereocenters. The molecule has 0 aliphatic rings. The zero-order valence-electron chi connectivity index (χ0n) is 13.3. The van der Waals surface area contributed by atoms with Crippen LogP contribution in [0.3, 0.4) is 0 Å². The van der Waals surface area contributed by atoms with E-state index < -0.39 is 10.0 Å². The molecule has 1 N–H and O–H groups in total. The van der Waals surface area contributed by atoms with Crippen molar-refractivity contribution >= 4 is 21.1 Å². The lowest BCUT2D eigenvalue weighted by atomic mass is 10.1. The first kappa shape index (κ1) is 16.7. The molecule has 0 radical (unpaired) electrons. The summed E-state index contributed by atoms with van der Waals surface area (Å²) < 4.78 is 32.2. The van der Waals surface area contributed by atoms with Crippen LogP contribution >= 0.6 is 0 Å². The number of aromatic nitrogens is 1. The summed E-state index contributed by atoms with van der Waals surface area (Å²) in [5.41, 5.74) is 2.66. The summed E-state index contributed by atoms with van der Waals surface area (Å²) in [6, 6.07) is 17.4. The van der Waals surface area contributed by atoms with Crippen LogP contribution in [-0.4, -0.2) is 25.7 Å². The Morgan fingerprint density at radius 1 is 0.958 bits per heavy atom. The minimum atomic E-state index is -3.27. The van der Waals surface area contributed by atoms with Gasteiger partial charge in [-0.15, -0.1) is 0 Å². The summed E-state index contributed by atoms with van der Waals surface area (Å²) in [7, 11) is -3.27. The van der Waals surface area contributed by atoms with Crippen molar-refractivity contribution in [3.8, 4) is 0 Å². The van der Waals surface area contributed by atoms with E-state index in [2.05, 4.69) is 9.71 Å². The highest BCUT2D eigenvalue weighted by atomic mass is 32.2. The minimum absolute atomic E-state index is 0.120. The third-order valence-corrected chi connectivity index (χ3v) is 5.19. The summed E-state index contributed by atoms with van der Waals surface area (Å²) in [4.78, 5) is 4.33. The Hall–Kier alpha value is -2.18. The zero-order chi connectivity index (χ0) is 16.8. The number of benzene rings is 2. The first-order chi connectivity index (χ1) is 11.6. The van der Waals surface area contributed by atoms with Gasteiger partial charge >= 0.3 is 0 Å². The summed E-state index contributed by atoms with van der Waals surface area (Å²) in [6.07, 6.45) is 1.79. The molecular weight excluding hydrogens is 324 g/mol. The van der Waals surface area contributed by atoms with Crippen molar-refractivity contribution < 1.29 is 12.8 Å². The lowest BCUT2D eigenvalue weighted by Gasteiger charge is -2.05. The van der Waals surface area contributed by atoms with Crippen molar-refractivity contribution in [1.82, 2.24) is 9.71 Å². The number of aryl methyl sites for hydroxylation is 1. The smallest absolute Gasteiger partial charge is 0.211 e. The second-order valence-corrected chi connectivity index (χ2v) is 7.55. The minimum Gasteiger partial charge on any atom is -0.441 e. The largest absolute Gasteiger partial charge is 0.441 e. The van der Waals surface area contributed by atoms with Crippen molar-refractivity contribution in [3.63, 3.8) is 0 Å². The van der Waals surface area contributed by atoms with Gasteiger partial charge in [-0.25, -0.2) is 18.1 Å². The topological polar surface area (TPSA) is 72.2 Å². The van der Waals surface area contributed by atoms with Crippen LogP contribution < -0.4 is 4.72 Å². The van der Waals surface area contributed by atoms with Gasteiger partial charge in [-0.1, -0.05) is 42.5 Å². The summed E-state index contributed by atoms with van der Waals surface area (Å²) >= 11 is 0. The molecular formula is C18H20N2O3S. The normalized spacial score (nSPS) is 11.8. The van der Waals surface area contributed by atoms with Crippen LogP contribution in [0.15, 0.2) is 59.0 Å². The zero-order valence-corrected chi connectivity index (χ0v) is 14.1. The summed E-state index contributed by atoms with van der Waals surface area (Å²) in [5, 5.41) is 0. The van der Waals surface area contributed by atoms with Crippen LogP contribution in [0.25, 0.3) is 11.1 Å². The molecule has 24 heavy (non-hydrogen) atoms. The van der Waals surface area contributed by atoms with Gasteiger partial charge < -0.3 is 4.42 Å². The maximum atomic E-state index is 12.0. The van der Waals surface area contributed by atoms with Crippen LogP contribution in [0.4, 0.5) is 0 Å². The SMILES string of the molecule is O=S(=O)(CCCc1ccccc1)NCCc1nc2ccccc2o1. The average molecular weight is 344 g/mol. The third kappa shape index (κ3) is 4.66. The number of fused-ring (bicyclic) bond motifs is 1. The molecule has 0 saturated heterocycles. The molecule has 1 aromatic heterocycles. The molecule has 0 amide bonds. The molecule has 6 heteroatoms. The Labute approximate surface area is 141 Å². The second-order valence-electron chi connectivity index (χ2n) is 5.63. The Bertz CT molecular complexity index is 856. The summed E-state index contributed by atoms with van der Waals surface area (Å²) in [5.74, 6) is 0.665. The molecule has 0 aliphatic heterocycles. The second kappa shape index (κ2) is 7.59. The number of oxazole rings is 1. The van der Waals surface area contributed by atoms with E-state index in [4.69, 9.17) is 4.42 Å². The lowest BCUT2D eigenvalue weighted by Crippen LogP contribution is -2.28. The number of para-hydroxylation sites is 2. The van der Waals surface area contributed by atoms with Gasteiger partial charge in [-0.3, -0.25) is 0 Å². The van der Waals surface area contributed by atoms with Gasteiger partial charge in [-0.05, 0) is 30.5 Å². The van der Waals surface area contributed by atoms with Crippen LogP contribution in [-0.2, 0) is 22.9 Å². The quantitative estimate of drug-likeness (QED) is 0.682. The highest BCUT2D eigenvalue weighted by molar-refractivity contribution is 7.89. The predicted octanol–water partition coefficient (Wildman–Crippen LogP) is 2.92. The van der Waals surface area contributed by atoms with Crippen LogP contribution in [0, 0.1) is 0 Å². The Balaban J connectivity index is 1.44. The van der Waals surface area contributed by atoms with Crippen LogP contribution in [0.2, 0.25) is 0 Å². The van der Waals surface area contributed by atoms with Gasteiger partial charge in [0, 0.05) is 13.0 Å². The average Bonchev–Trinajstić information content (AvgIpc) is 2.98. The van der Waals surface area contributed by atoms with E-state index in [0.29, 0.717) is 25.3 Å². The Morgan fingerprint density at radius 3 is 2.50 bits per heavy atom. The Morgan fingerprint density at radius 2 is 1.71 bits per heavy atom. The molecule has 0 atom stereocenters. The Kier molecular flexibility index (Phi) is 5.27. The van der Waals surface area contributed by atoms with Crippen LogP contribution in [0.1, 0.15) is 17.9 Å². The first-order valence-corrected chi connectivity index (χ1v) is 9.63. The maximum absolute atomic E-state index is 12.0. The molecule has 126 valence electrons.